The number of rotatable bonds is 8. The van der Waals surface area contributed by atoms with Crippen molar-refractivity contribution in [2.45, 2.75) is 44.3 Å². The van der Waals surface area contributed by atoms with Gasteiger partial charge in [0.2, 0.25) is 0 Å². The van der Waals surface area contributed by atoms with Crippen LogP contribution in [-0.2, 0) is 20.2 Å². The van der Waals surface area contributed by atoms with E-state index in [9.17, 15) is 18.0 Å². The lowest BCUT2D eigenvalue weighted by molar-refractivity contribution is -0.187. The highest BCUT2D eigenvalue weighted by Gasteiger charge is 2.45. The standard InChI is InChI=1S/C17H21BrF3NO4/c1-24-10-25-14-9-12(7-8-13(14)18)17(21,16(19)20)22-26-15(23)11-5-3-2-4-6-11/h7-9,11,16,22H,2-6,10H2,1H3. The Labute approximate surface area is 158 Å². The minimum absolute atomic E-state index is 0.118. The van der Waals surface area contributed by atoms with Gasteiger partial charge in [-0.05, 0) is 40.9 Å². The molecule has 1 N–H and O–H groups in total. The van der Waals surface area contributed by atoms with Crippen molar-refractivity contribution >= 4 is 21.9 Å². The number of benzene rings is 1. The molecule has 0 bridgehead atoms. The van der Waals surface area contributed by atoms with E-state index in [0.717, 1.165) is 31.4 Å². The number of hydrogen-bond acceptors (Lipinski definition) is 5. The smallest absolute Gasteiger partial charge is 0.327 e. The zero-order valence-electron chi connectivity index (χ0n) is 14.3. The summed E-state index contributed by atoms with van der Waals surface area (Å²) in [5.41, 5.74) is 1.21. The number of hydrogen-bond donors (Lipinski definition) is 1. The third-order valence-electron chi connectivity index (χ3n) is 4.22. The topological polar surface area (TPSA) is 56.8 Å². The van der Waals surface area contributed by atoms with Gasteiger partial charge in [0, 0.05) is 12.7 Å². The van der Waals surface area contributed by atoms with E-state index in [1.54, 1.807) is 5.48 Å². The maximum atomic E-state index is 15.0. The van der Waals surface area contributed by atoms with Gasteiger partial charge in [-0.3, -0.25) is 4.79 Å². The molecule has 0 aliphatic heterocycles. The maximum Gasteiger partial charge on any atom is 0.327 e. The average molecular weight is 440 g/mol. The van der Waals surface area contributed by atoms with Crippen LogP contribution in [-0.4, -0.2) is 26.3 Å². The maximum absolute atomic E-state index is 15.0. The molecule has 0 heterocycles. The normalized spacial score (nSPS) is 17.8. The van der Waals surface area contributed by atoms with E-state index in [1.807, 2.05) is 0 Å². The fraction of sp³-hybridized carbons (Fsp3) is 0.588. The number of ether oxygens (including phenoxy) is 2. The van der Waals surface area contributed by atoms with E-state index in [2.05, 4.69) is 15.9 Å². The largest absolute Gasteiger partial charge is 0.466 e. The molecule has 1 atom stereocenters. The second-order valence-electron chi connectivity index (χ2n) is 6.07. The molecule has 1 unspecified atom stereocenters. The Balaban J connectivity index is 2.13. The van der Waals surface area contributed by atoms with Gasteiger partial charge in [-0.2, -0.15) is 0 Å². The summed E-state index contributed by atoms with van der Waals surface area (Å²) >= 11 is 3.18. The number of carbonyl (C=O) groups is 1. The predicted molar refractivity (Wildman–Crippen MR) is 91.2 cm³/mol. The first-order chi connectivity index (χ1) is 12.4. The van der Waals surface area contributed by atoms with Crippen molar-refractivity contribution in [3.05, 3.63) is 28.2 Å². The number of carbonyl (C=O) groups excluding carboxylic acids is 1. The van der Waals surface area contributed by atoms with Crippen LogP contribution in [0.4, 0.5) is 13.2 Å². The summed E-state index contributed by atoms with van der Waals surface area (Å²) < 4.78 is 52.2. The molecule has 9 heteroatoms. The van der Waals surface area contributed by atoms with Gasteiger partial charge in [0.05, 0.1) is 10.4 Å². The minimum Gasteiger partial charge on any atom is -0.466 e. The number of nitrogens with one attached hydrogen (secondary N) is 1. The second-order valence-corrected chi connectivity index (χ2v) is 6.92. The summed E-state index contributed by atoms with van der Waals surface area (Å²) in [4.78, 5) is 16.7. The molecule has 2 rings (SSSR count). The van der Waals surface area contributed by atoms with Crippen LogP contribution in [0.15, 0.2) is 22.7 Å². The molecule has 0 saturated heterocycles. The molecule has 1 fully saturated rings. The minimum atomic E-state index is -3.47. The molecule has 5 nitrogen and oxygen atoms in total. The third-order valence-corrected chi connectivity index (χ3v) is 4.88. The van der Waals surface area contributed by atoms with Gasteiger partial charge in [0.1, 0.15) is 5.75 Å². The van der Waals surface area contributed by atoms with Crippen molar-refractivity contribution in [2.75, 3.05) is 13.9 Å². The van der Waals surface area contributed by atoms with Gasteiger partial charge in [0.25, 0.3) is 12.2 Å². The Morgan fingerprint density at radius 1 is 1.35 bits per heavy atom. The van der Waals surface area contributed by atoms with Crippen LogP contribution >= 0.6 is 15.9 Å². The molecule has 1 aromatic rings. The molecule has 146 valence electrons. The van der Waals surface area contributed by atoms with Crippen molar-refractivity contribution in [1.29, 1.82) is 0 Å². The fourth-order valence-electron chi connectivity index (χ4n) is 2.74. The summed E-state index contributed by atoms with van der Waals surface area (Å²) in [7, 11) is 1.39. The van der Waals surface area contributed by atoms with Gasteiger partial charge in [0.15, 0.2) is 6.79 Å². The Hall–Kier alpha value is -1.32. The summed E-state index contributed by atoms with van der Waals surface area (Å²) in [6.07, 6.45) is 0.497. The second kappa shape index (κ2) is 9.57. The lowest BCUT2D eigenvalue weighted by Crippen LogP contribution is -2.46. The highest BCUT2D eigenvalue weighted by molar-refractivity contribution is 9.10. The molecule has 1 saturated carbocycles. The Bertz CT molecular complexity index is 614. The van der Waals surface area contributed by atoms with Crippen molar-refractivity contribution in [3.8, 4) is 5.75 Å². The lowest BCUT2D eigenvalue weighted by atomic mass is 9.89. The molecule has 1 aromatic carbocycles. The SMILES string of the molecule is COCOc1cc(C(F)(NOC(=O)C2CCCCC2)C(F)F)ccc1Br. The molecule has 1 aliphatic rings. The first-order valence-corrected chi connectivity index (χ1v) is 9.04. The number of halogens is 4. The van der Waals surface area contributed by atoms with E-state index >= 15 is 0 Å². The van der Waals surface area contributed by atoms with E-state index < -0.39 is 29.7 Å². The monoisotopic (exact) mass is 439 g/mol. The molecule has 1 aliphatic carbocycles. The quantitative estimate of drug-likeness (QED) is 0.368. The zero-order valence-corrected chi connectivity index (χ0v) is 15.9. The van der Waals surface area contributed by atoms with Crippen molar-refractivity contribution < 1.29 is 32.3 Å². The highest BCUT2D eigenvalue weighted by atomic mass is 79.9. The number of hydroxylamine groups is 1. The fourth-order valence-corrected chi connectivity index (χ4v) is 3.10. The molecule has 0 amide bonds. The van der Waals surface area contributed by atoms with Crippen LogP contribution in [0, 0.1) is 5.92 Å². The van der Waals surface area contributed by atoms with E-state index in [1.165, 1.54) is 13.2 Å². The van der Waals surface area contributed by atoms with Gasteiger partial charge >= 0.3 is 5.97 Å². The first kappa shape index (κ1) is 21.0. The molecule has 0 aromatic heterocycles. The molecule has 26 heavy (non-hydrogen) atoms. The summed E-state index contributed by atoms with van der Waals surface area (Å²) in [6, 6.07) is 3.61. The van der Waals surface area contributed by atoms with Crippen LogP contribution in [0.1, 0.15) is 37.7 Å². The van der Waals surface area contributed by atoms with Crippen LogP contribution < -0.4 is 10.2 Å². The van der Waals surface area contributed by atoms with Crippen molar-refractivity contribution in [3.63, 3.8) is 0 Å². The molecule has 0 spiro atoms. The average Bonchev–Trinajstić information content (AvgIpc) is 2.65. The lowest BCUT2D eigenvalue weighted by Gasteiger charge is -2.27. The van der Waals surface area contributed by atoms with Crippen molar-refractivity contribution in [1.82, 2.24) is 5.48 Å². The van der Waals surface area contributed by atoms with Crippen LogP contribution in [0.25, 0.3) is 0 Å². The zero-order chi connectivity index (χ0) is 19.2. The highest BCUT2D eigenvalue weighted by Crippen LogP contribution is 2.36. The number of methoxy groups -OCH3 is 1. The van der Waals surface area contributed by atoms with Gasteiger partial charge in [-0.25, -0.2) is 13.2 Å². The van der Waals surface area contributed by atoms with Crippen LogP contribution in [0.3, 0.4) is 0 Å². The Kier molecular flexibility index (Phi) is 7.72. The summed E-state index contributed by atoms with van der Waals surface area (Å²) in [6.45, 7) is -0.139. The van der Waals surface area contributed by atoms with Gasteiger partial charge < -0.3 is 14.3 Å². The van der Waals surface area contributed by atoms with E-state index in [4.69, 9.17) is 14.3 Å². The van der Waals surface area contributed by atoms with E-state index in [0.29, 0.717) is 17.3 Å². The number of alkyl halides is 3. The van der Waals surface area contributed by atoms with Crippen molar-refractivity contribution in [2.24, 2.45) is 5.92 Å². The summed E-state index contributed by atoms with van der Waals surface area (Å²) in [5, 5.41) is 0. The van der Waals surface area contributed by atoms with Crippen LogP contribution in [0.2, 0.25) is 0 Å². The van der Waals surface area contributed by atoms with E-state index in [-0.39, 0.29) is 12.5 Å². The molecular weight excluding hydrogens is 419 g/mol. The first-order valence-electron chi connectivity index (χ1n) is 8.25. The Morgan fingerprint density at radius 2 is 2.04 bits per heavy atom. The van der Waals surface area contributed by atoms with Gasteiger partial charge in [-0.15, -0.1) is 5.48 Å². The summed E-state index contributed by atoms with van der Waals surface area (Å²) in [5.74, 6) is -4.37. The molecular formula is C17H21BrF3NO4. The van der Waals surface area contributed by atoms with Gasteiger partial charge in [-0.1, -0.05) is 25.3 Å². The third kappa shape index (κ3) is 5.11. The van der Waals surface area contributed by atoms with Crippen LogP contribution in [0.5, 0.6) is 5.75 Å². The molecule has 0 radical (unpaired) electrons. The Morgan fingerprint density at radius 3 is 2.65 bits per heavy atom. The predicted octanol–water partition coefficient (Wildman–Crippen LogP) is 4.45.